The molecule has 116 valence electrons. The van der Waals surface area contributed by atoms with Crippen LogP contribution in [0.1, 0.15) is 36.0 Å². The second-order valence-corrected chi connectivity index (χ2v) is 7.98. The minimum Gasteiger partial charge on any atom is -0.352 e. The molecule has 2 rings (SSSR count). The van der Waals surface area contributed by atoms with Crippen LogP contribution in [-0.2, 0) is 10.0 Å². The largest absolute Gasteiger partial charge is 0.352 e. The fourth-order valence-electron chi connectivity index (χ4n) is 2.03. The number of carbonyl (C=O) groups excluding carboxylic acids is 1. The fourth-order valence-corrected chi connectivity index (χ4v) is 3.81. The maximum absolute atomic E-state index is 12.1. The van der Waals surface area contributed by atoms with E-state index in [2.05, 4.69) is 21.2 Å². The van der Waals surface area contributed by atoms with Crippen molar-refractivity contribution in [2.45, 2.75) is 30.6 Å². The van der Waals surface area contributed by atoms with Gasteiger partial charge < -0.3 is 5.32 Å². The zero-order valence-electron chi connectivity index (χ0n) is 11.2. The molecule has 1 aromatic rings. The Morgan fingerprint density at radius 3 is 2.67 bits per heavy atom. The summed E-state index contributed by atoms with van der Waals surface area (Å²) in [5.74, 6) is 0.410. The van der Waals surface area contributed by atoms with Gasteiger partial charge in [-0.05, 0) is 30.9 Å². The average molecular weight is 396 g/mol. The molecule has 0 saturated heterocycles. The number of halogens is 2. The van der Waals surface area contributed by atoms with Crippen LogP contribution in [-0.4, -0.2) is 20.9 Å². The SMILES string of the molecule is NS(=O)(=O)c1cc(Br)cc(C(=O)NCCCC2CC2)c1Cl. The average Bonchev–Trinajstić information content (AvgIpc) is 3.19. The molecule has 1 aliphatic carbocycles. The smallest absolute Gasteiger partial charge is 0.252 e. The fraction of sp³-hybridized carbons (Fsp3) is 0.462. The Morgan fingerprint density at radius 2 is 2.10 bits per heavy atom. The van der Waals surface area contributed by atoms with Gasteiger partial charge in [0.25, 0.3) is 5.91 Å². The van der Waals surface area contributed by atoms with Gasteiger partial charge in [0.1, 0.15) is 4.90 Å². The van der Waals surface area contributed by atoms with E-state index in [0.29, 0.717) is 11.0 Å². The van der Waals surface area contributed by atoms with Gasteiger partial charge in [0, 0.05) is 11.0 Å². The van der Waals surface area contributed by atoms with Crippen molar-refractivity contribution < 1.29 is 13.2 Å². The summed E-state index contributed by atoms with van der Waals surface area (Å²) in [6, 6.07) is 2.76. The lowest BCUT2D eigenvalue weighted by atomic mass is 10.2. The predicted octanol–water partition coefficient (Wildman–Crippen LogP) is 2.67. The first-order valence-electron chi connectivity index (χ1n) is 6.59. The standard InChI is InChI=1S/C13H16BrClN2O3S/c14-9-6-10(12(15)11(7-9)21(16,19)20)13(18)17-5-1-2-8-3-4-8/h6-8H,1-5H2,(H,17,18)(H2,16,19,20). The van der Waals surface area contributed by atoms with Gasteiger partial charge in [-0.2, -0.15) is 0 Å². The van der Waals surface area contributed by atoms with Crippen molar-refractivity contribution in [2.75, 3.05) is 6.54 Å². The lowest BCUT2D eigenvalue weighted by Crippen LogP contribution is -2.25. The molecule has 0 aliphatic heterocycles. The molecule has 1 amide bonds. The van der Waals surface area contributed by atoms with Crippen LogP contribution in [0.25, 0.3) is 0 Å². The van der Waals surface area contributed by atoms with Gasteiger partial charge in [0.15, 0.2) is 0 Å². The van der Waals surface area contributed by atoms with Crippen molar-refractivity contribution >= 4 is 43.5 Å². The maximum atomic E-state index is 12.1. The lowest BCUT2D eigenvalue weighted by molar-refractivity contribution is 0.0952. The third kappa shape index (κ3) is 4.67. The van der Waals surface area contributed by atoms with Crippen molar-refractivity contribution in [1.29, 1.82) is 0 Å². The Balaban J connectivity index is 2.10. The minimum absolute atomic E-state index is 0.0986. The van der Waals surface area contributed by atoms with Gasteiger partial charge in [0.05, 0.1) is 10.6 Å². The van der Waals surface area contributed by atoms with Crippen LogP contribution in [0.4, 0.5) is 0 Å². The van der Waals surface area contributed by atoms with E-state index in [0.717, 1.165) is 18.8 Å². The monoisotopic (exact) mass is 394 g/mol. The van der Waals surface area contributed by atoms with Gasteiger partial charge in [0.2, 0.25) is 10.0 Å². The predicted molar refractivity (Wildman–Crippen MR) is 84.8 cm³/mol. The minimum atomic E-state index is -3.98. The quantitative estimate of drug-likeness (QED) is 0.726. The van der Waals surface area contributed by atoms with Crippen molar-refractivity contribution in [3.05, 3.63) is 27.2 Å². The highest BCUT2D eigenvalue weighted by atomic mass is 79.9. The number of nitrogens with two attached hydrogens (primary N) is 1. The number of carbonyl (C=O) groups is 1. The van der Waals surface area contributed by atoms with Crippen LogP contribution < -0.4 is 10.5 Å². The van der Waals surface area contributed by atoms with Crippen LogP contribution in [0.2, 0.25) is 5.02 Å². The van der Waals surface area contributed by atoms with Crippen molar-refractivity contribution in [2.24, 2.45) is 11.1 Å². The molecular weight excluding hydrogens is 380 g/mol. The van der Waals surface area contributed by atoms with Crippen molar-refractivity contribution in [3.63, 3.8) is 0 Å². The molecule has 1 aliphatic rings. The number of amides is 1. The summed E-state index contributed by atoms with van der Waals surface area (Å²) in [4.78, 5) is 11.8. The Labute approximate surface area is 137 Å². The van der Waals surface area contributed by atoms with Crippen LogP contribution in [0.15, 0.2) is 21.5 Å². The second kappa shape index (κ2) is 6.64. The summed E-state index contributed by atoms with van der Waals surface area (Å²) in [5, 5.41) is 7.69. The molecule has 21 heavy (non-hydrogen) atoms. The molecule has 0 spiro atoms. The lowest BCUT2D eigenvalue weighted by Gasteiger charge is -2.10. The number of sulfonamides is 1. The summed E-state index contributed by atoms with van der Waals surface area (Å²) in [6.45, 7) is 0.545. The number of hydrogen-bond acceptors (Lipinski definition) is 3. The highest BCUT2D eigenvalue weighted by Gasteiger charge is 2.22. The zero-order valence-corrected chi connectivity index (χ0v) is 14.4. The van der Waals surface area contributed by atoms with Crippen LogP contribution in [0.5, 0.6) is 0 Å². The van der Waals surface area contributed by atoms with Crippen molar-refractivity contribution in [1.82, 2.24) is 5.32 Å². The van der Waals surface area contributed by atoms with E-state index in [9.17, 15) is 13.2 Å². The molecule has 0 heterocycles. The van der Waals surface area contributed by atoms with Gasteiger partial charge in [-0.15, -0.1) is 0 Å². The Hall–Kier alpha value is -0.630. The topological polar surface area (TPSA) is 89.3 Å². The number of benzene rings is 1. The van der Waals surface area contributed by atoms with E-state index in [-0.39, 0.29) is 15.5 Å². The molecule has 5 nitrogen and oxygen atoms in total. The molecule has 8 heteroatoms. The summed E-state index contributed by atoms with van der Waals surface area (Å²) >= 11 is 9.15. The first kappa shape index (κ1) is 16.7. The molecule has 0 radical (unpaired) electrons. The first-order valence-corrected chi connectivity index (χ1v) is 9.31. The first-order chi connectivity index (χ1) is 9.79. The maximum Gasteiger partial charge on any atom is 0.252 e. The number of rotatable bonds is 6. The molecule has 0 bridgehead atoms. The third-order valence-electron chi connectivity index (χ3n) is 3.33. The van der Waals surface area contributed by atoms with Gasteiger partial charge in [-0.25, -0.2) is 13.6 Å². The third-order valence-corrected chi connectivity index (χ3v) is 5.24. The molecule has 0 aromatic heterocycles. The highest BCUT2D eigenvalue weighted by Crippen LogP contribution is 2.33. The molecule has 1 fully saturated rings. The van der Waals surface area contributed by atoms with Gasteiger partial charge >= 0.3 is 0 Å². The summed E-state index contributed by atoms with van der Waals surface area (Å²) in [6.07, 6.45) is 4.57. The Morgan fingerprint density at radius 1 is 1.43 bits per heavy atom. The molecule has 3 N–H and O–H groups in total. The van der Waals surface area contributed by atoms with Crippen LogP contribution in [0, 0.1) is 5.92 Å². The number of primary sulfonamides is 1. The van der Waals surface area contributed by atoms with Crippen LogP contribution in [0.3, 0.4) is 0 Å². The van der Waals surface area contributed by atoms with Crippen LogP contribution >= 0.6 is 27.5 Å². The van der Waals surface area contributed by atoms with Crippen molar-refractivity contribution in [3.8, 4) is 0 Å². The summed E-state index contributed by atoms with van der Waals surface area (Å²) in [7, 11) is -3.98. The molecule has 1 aromatic carbocycles. The summed E-state index contributed by atoms with van der Waals surface area (Å²) in [5.41, 5.74) is 0.0986. The van der Waals surface area contributed by atoms with E-state index < -0.39 is 15.9 Å². The molecule has 0 unspecified atom stereocenters. The van der Waals surface area contributed by atoms with E-state index in [1.807, 2.05) is 0 Å². The normalized spacial score (nSPS) is 15.0. The summed E-state index contributed by atoms with van der Waals surface area (Å²) < 4.78 is 23.4. The molecular formula is C13H16BrClN2O3S. The highest BCUT2D eigenvalue weighted by molar-refractivity contribution is 9.10. The Bertz CT molecular complexity index is 660. The van der Waals surface area contributed by atoms with E-state index in [1.54, 1.807) is 0 Å². The number of hydrogen-bond donors (Lipinski definition) is 2. The van der Waals surface area contributed by atoms with Gasteiger partial charge in [-0.3, -0.25) is 4.79 Å². The number of nitrogens with one attached hydrogen (secondary N) is 1. The molecule has 1 saturated carbocycles. The van der Waals surface area contributed by atoms with Gasteiger partial charge in [-0.1, -0.05) is 40.4 Å². The van der Waals surface area contributed by atoms with E-state index >= 15 is 0 Å². The van der Waals surface area contributed by atoms with E-state index in [4.69, 9.17) is 16.7 Å². The van der Waals surface area contributed by atoms with E-state index in [1.165, 1.54) is 25.0 Å². The zero-order chi connectivity index (χ0) is 15.6. The second-order valence-electron chi connectivity index (χ2n) is 5.15. The molecule has 0 atom stereocenters. The Kier molecular flexibility index (Phi) is 5.29.